The van der Waals surface area contributed by atoms with Gasteiger partial charge in [0.2, 0.25) is 5.91 Å². The van der Waals surface area contributed by atoms with Crippen molar-refractivity contribution < 1.29 is 18.0 Å². The van der Waals surface area contributed by atoms with Gasteiger partial charge in [0.1, 0.15) is 10.8 Å². The van der Waals surface area contributed by atoms with E-state index in [0.29, 0.717) is 32.0 Å². The molecule has 0 aliphatic carbocycles. The molecular weight excluding hydrogens is 415 g/mol. The molecule has 3 aromatic rings. The van der Waals surface area contributed by atoms with Crippen molar-refractivity contribution in [2.45, 2.75) is 12.6 Å². The van der Waals surface area contributed by atoms with Gasteiger partial charge in [-0.1, -0.05) is 0 Å². The Morgan fingerprint density at radius 1 is 1.10 bits per heavy atom. The Hall–Kier alpha value is -3.01. The molecule has 1 fully saturated rings. The van der Waals surface area contributed by atoms with E-state index in [4.69, 9.17) is 0 Å². The van der Waals surface area contributed by atoms with Gasteiger partial charge in [-0.25, -0.2) is 9.97 Å². The number of hydrogen-bond donors (Lipinski definition) is 0. The number of alkyl halides is 3. The number of carbonyl (C=O) groups excluding carboxylic acids is 1. The van der Waals surface area contributed by atoms with Gasteiger partial charge in [-0.05, 0) is 24.3 Å². The van der Waals surface area contributed by atoms with Crippen LogP contribution in [-0.2, 0) is 17.4 Å². The molecule has 3 aromatic heterocycles. The summed E-state index contributed by atoms with van der Waals surface area (Å²) in [5, 5.41) is 2.70. The van der Waals surface area contributed by atoms with Crippen molar-refractivity contribution in [2.75, 3.05) is 31.1 Å². The third-order valence-electron chi connectivity index (χ3n) is 4.82. The van der Waals surface area contributed by atoms with Gasteiger partial charge in [0.15, 0.2) is 0 Å². The van der Waals surface area contributed by atoms with Crippen LogP contribution < -0.4 is 4.90 Å². The van der Waals surface area contributed by atoms with Gasteiger partial charge in [0.05, 0.1) is 17.7 Å². The van der Waals surface area contributed by atoms with E-state index in [-0.39, 0.29) is 12.3 Å². The number of rotatable bonds is 4. The average Bonchev–Trinajstić information content (AvgIpc) is 3.22. The van der Waals surface area contributed by atoms with E-state index in [9.17, 15) is 18.0 Å². The predicted molar refractivity (Wildman–Crippen MR) is 107 cm³/mol. The van der Waals surface area contributed by atoms with Gasteiger partial charge >= 0.3 is 6.18 Å². The highest BCUT2D eigenvalue weighted by Gasteiger charge is 2.31. The van der Waals surface area contributed by atoms with Crippen LogP contribution in [0, 0.1) is 0 Å². The van der Waals surface area contributed by atoms with Crippen molar-refractivity contribution in [1.29, 1.82) is 0 Å². The first-order valence-electron chi connectivity index (χ1n) is 9.31. The minimum absolute atomic E-state index is 0.0157. The van der Waals surface area contributed by atoms with E-state index >= 15 is 0 Å². The number of carbonyl (C=O) groups is 1. The zero-order valence-electron chi connectivity index (χ0n) is 15.8. The lowest BCUT2D eigenvalue weighted by molar-refractivity contribution is -0.137. The second kappa shape index (κ2) is 8.39. The topological polar surface area (TPSA) is 62.2 Å². The van der Waals surface area contributed by atoms with Crippen LogP contribution in [-0.4, -0.2) is 51.9 Å². The first-order valence-corrected chi connectivity index (χ1v) is 10.2. The number of anilines is 1. The predicted octanol–water partition coefficient (Wildman–Crippen LogP) is 3.51. The molecule has 4 rings (SSSR count). The van der Waals surface area contributed by atoms with Crippen LogP contribution in [0.15, 0.2) is 48.2 Å². The fourth-order valence-electron chi connectivity index (χ4n) is 3.20. The zero-order valence-corrected chi connectivity index (χ0v) is 16.7. The van der Waals surface area contributed by atoms with Crippen molar-refractivity contribution in [3.05, 3.63) is 59.5 Å². The molecule has 6 nitrogen and oxygen atoms in total. The zero-order chi connectivity index (χ0) is 21.1. The molecule has 0 bridgehead atoms. The molecule has 30 heavy (non-hydrogen) atoms. The highest BCUT2D eigenvalue weighted by atomic mass is 32.1. The second-order valence-corrected chi connectivity index (χ2v) is 7.69. The molecule has 0 unspecified atom stereocenters. The maximum Gasteiger partial charge on any atom is 0.417 e. The number of halogens is 3. The van der Waals surface area contributed by atoms with Crippen LogP contribution in [0.3, 0.4) is 0 Å². The molecule has 4 heterocycles. The van der Waals surface area contributed by atoms with E-state index in [1.807, 2.05) is 22.4 Å². The van der Waals surface area contributed by atoms with Crippen molar-refractivity contribution >= 4 is 23.1 Å². The van der Waals surface area contributed by atoms with Crippen molar-refractivity contribution in [2.24, 2.45) is 0 Å². The lowest BCUT2D eigenvalue weighted by atomic mass is 10.2. The summed E-state index contributed by atoms with van der Waals surface area (Å²) in [6.45, 7) is 2.01. The highest BCUT2D eigenvalue weighted by Crippen LogP contribution is 2.29. The average molecular weight is 433 g/mol. The first-order chi connectivity index (χ1) is 14.4. The third kappa shape index (κ3) is 4.59. The van der Waals surface area contributed by atoms with Gasteiger partial charge in [-0.15, -0.1) is 11.3 Å². The molecule has 1 aliphatic rings. The van der Waals surface area contributed by atoms with E-state index in [1.54, 1.807) is 17.3 Å². The van der Waals surface area contributed by atoms with Gasteiger partial charge in [0.25, 0.3) is 0 Å². The summed E-state index contributed by atoms with van der Waals surface area (Å²) in [6, 6.07) is 6.16. The highest BCUT2D eigenvalue weighted by molar-refractivity contribution is 7.13. The van der Waals surface area contributed by atoms with Crippen molar-refractivity contribution in [3.8, 4) is 10.6 Å². The van der Waals surface area contributed by atoms with E-state index < -0.39 is 11.7 Å². The second-order valence-electron chi connectivity index (χ2n) is 6.83. The summed E-state index contributed by atoms with van der Waals surface area (Å²) in [5.41, 5.74) is 0.864. The summed E-state index contributed by atoms with van der Waals surface area (Å²) >= 11 is 1.47. The van der Waals surface area contributed by atoms with Gasteiger partial charge < -0.3 is 9.80 Å². The molecule has 0 radical (unpaired) electrons. The Morgan fingerprint density at radius 3 is 2.53 bits per heavy atom. The monoisotopic (exact) mass is 433 g/mol. The van der Waals surface area contributed by atoms with Crippen LogP contribution in [0.5, 0.6) is 0 Å². The summed E-state index contributed by atoms with van der Waals surface area (Å²) in [7, 11) is 0. The SMILES string of the molecule is O=C(Cc1csc(-c2cccnc2)n1)N1CCN(c2ccc(C(F)(F)F)cn2)CC1. The molecular formula is C20H18F3N5OS. The lowest BCUT2D eigenvalue weighted by Gasteiger charge is -2.35. The molecule has 0 spiro atoms. The summed E-state index contributed by atoms with van der Waals surface area (Å²) < 4.78 is 38.0. The molecule has 1 aliphatic heterocycles. The maximum absolute atomic E-state index is 12.7. The first kappa shape index (κ1) is 20.3. The summed E-state index contributed by atoms with van der Waals surface area (Å²) in [5.74, 6) is 0.466. The fourth-order valence-corrected chi connectivity index (χ4v) is 4.01. The normalized spacial score (nSPS) is 14.8. The Labute approximate surface area is 175 Å². The molecule has 10 heteroatoms. The van der Waals surface area contributed by atoms with Crippen LogP contribution in [0.4, 0.5) is 19.0 Å². The van der Waals surface area contributed by atoms with Gasteiger partial charge in [-0.3, -0.25) is 9.78 Å². The number of amides is 1. The Morgan fingerprint density at radius 2 is 1.90 bits per heavy atom. The molecule has 1 saturated heterocycles. The number of aromatic nitrogens is 3. The van der Waals surface area contributed by atoms with Crippen LogP contribution in [0.25, 0.3) is 10.6 Å². The number of pyridine rings is 2. The smallest absolute Gasteiger partial charge is 0.353 e. The number of thiazole rings is 1. The lowest BCUT2D eigenvalue weighted by Crippen LogP contribution is -2.49. The molecule has 0 atom stereocenters. The van der Waals surface area contributed by atoms with Gasteiger partial charge in [0, 0.05) is 55.7 Å². The maximum atomic E-state index is 12.7. The summed E-state index contributed by atoms with van der Waals surface area (Å²) in [4.78, 5) is 28.8. The van der Waals surface area contributed by atoms with E-state index in [2.05, 4.69) is 15.0 Å². The Balaban J connectivity index is 1.32. The Bertz CT molecular complexity index is 999. The largest absolute Gasteiger partial charge is 0.417 e. The number of piperazine rings is 1. The molecule has 1 amide bonds. The van der Waals surface area contributed by atoms with Crippen molar-refractivity contribution in [1.82, 2.24) is 19.9 Å². The fraction of sp³-hybridized carbons (Fsp3) is 0.300. The van der Waals surface area contributed by atoms with Gasteiger partial charge in [-0.2, -0.15) is 13.2 Å². The van der Waals surface area contributed by atoms with Crippen LogP contribution >= 0.6 is 11.3 Å². The van der Waals surface area contributed by atoms with E-state index in [1.165, 1.54) is 17.4 Å². The van der Waals surface area contributed by atoms with Crippen LogP contribution in [0.2, 0.25) is 0 Å². The standard InChI is InChI=1S/C20H18F3N5OS/c21-20(22,23)15-3-4-17(25-12-15)27-6-8-28(9-7-27)18(29)10-16-13-30-19(26-16)14-2-1-5-24-11-14/h1-5,11-13H,6-10H2. The van der Waals surface area contributed by atoms with Crippen LogP contribution in [0.1, 0.15) is 11.3 Å². The molecule has 0 N–H and O–H groups in total. The summed E-state index contributed by atoms with van der Waals surface area (Å²) in [6.07, 6.45) is 0.0911. The number of nitrogens with zero attached hydrogens (tertiary/aromatic N) is 5. The number of hydrogen-bond acceptors (Lipinski definition) is 6. The minimum atomic E-state index is -4.40. The van der Waals surface area contributed by atoms with Crippen molar-refractivity contribution in [3.63, 3.8) is 0 Å². The minimum Gasteiger partial charge on any atom is -0.353 e. The van der Waals surface area contributed by atoms with E-state index in [0.717, 1.165) is 28.5 Å². The molecule has 156 valence electrons. The molecule has 0 aromatic carbocycles. The Kier molecular flexibility index (Phi) is 5.67. The third-order valence-corrected chi connectivity index (χ3v) is 5.76. The molecule has 0 saturated carbocycles. The quantitative estimate of drug-likeness (QED) is 0.630.